The van der Waals surface area contributed by atoms with Crippen LogP contribution in [-0.4, -0.2) is 37.2 Å². The van der Waals surface area contributed by atoms with Gasteiger partial charge in [-0.25, -0.2) is 0 Å². The lowest BCUT2D eigenvalue weighted by Gasteiger charge is -2.18. The first-order valence-corrected chi connectivity index (χ1v) is 27.0. The Balaban J connectivity index is 4.50. The predicted octanol–water partition coefficient (Wildman–Crippen LogP) is 18.1. The van der Waals surface area contributed by atoms with Crippen molar-refractivity contribution in [2.75, 3.05) is 13.2 Å². The van der Waals surface area contributed by atoms with Crippen LogP contribution in [0.3, 0.4) is 0 Å². The molecule has 0 amide bonds. The van der Waals surface area contributed by atoms with Gasteiger partial charge in [-0.2, -0.15) is 0 Å². The molecule has 6 heteroatoms. The summed E-state index contributed by atoms with van der Waals surface area (Å²) in [5.74, 6) is -0.979. The first-order valence-electron chi connectivity index (χ1n) is 27.0. The van der Waals surface area contributed by atoms with Crippen LogP contribution in [0.4, 0.5) is 0 Å². The molecule has 378 valence electrons. The average molecular weight is 927 g/mol. The van der Waals surface area contributed by atoms with Crippen LogP contribution in [-0.2, 0) is 28.6 Å². The van der Waals surface area contributed by atoms with E-state index in [0.29, 0.717) is 19.3 Å². The fourth-order valence-corrected chi connectivity index (χ4v) is 6.96. The van der Waals surface area contributed by atoms with Gasteiger partial charge in [-0.1, -0.05) is 219 Å². The molecule has 0 heterocycles. The van der Waals surface area contributed by atoms with Gasteiger partial charge in [0.2, 0.25) is 0 Å². The second-order valence-corrected chi connectivity index (χ2v) is 17.4. The summed E-state index contributed by atoms with van der Waals surface area (Å²) in [7, 11) is 0. The summed E-state index contributed by atoms with van der Waals surface area (Å²) in [6.07, 6.45) is 74.7. The maximum absolute atomic E-state index is 12.8. The number of unbranched alkanes of at least 4 members (excludes halogenated alkanes) is 16. The Morgan fingerprint density at radius 2 is 0.582 bits per heavy atom. The highest BCUT2D eigenvalue weighted by molar-refractivity contribution is 5.71. The minimum absolute atomic E-state index is 0.104. The van der Waals surface area contributed by atoms with Gasteiger partial charge in [0, 0.05) is 19.3 Å². The molecule has 0 radical (unpaired) electrons. The van der Waals surface area contributed by atoms with Crippen molar-refractivity contribution in [3.05, 3.63) is 122 Å². The van der Waals surface area contributed by atoms with E-state index in [1.807, 2.05) is 0 Å². The first kappa shape index (κ1) is 62.8. The highest BCUT2D eigenvalue weighted by atomic mass is 16.6. The molecular weight excluding hydrogens is 829 g/mol. The molecule has 6 nitrogen and oxygen atoms in total. The third-order valence-corrected chi connectivity index (χ3v) is 11.0. The van der Waals surface area contributed by atoms with Gasteiger partial charge in [-0.15, -0.1) is 0 Å². The smallest absolute Gasteiger partial charge is 0.306 e. The highest BCUT2D eigenvalue weighted by Gasteiger charge is 2.19. The lowest BCUT2D eigenvalue weighted by Crippen LogP contribution is -2.30. The second-order valence-electron chi connectivity index (χ2n) is 17.4. The van der Waals surface area contributed by atoms with Crippen molar-refractivity contribution >= 4 is 17.9 Å². The Hall–Kier alpha value is -4.19. The zero-order valence-corrected chi connectivity index (χ0v) is 43.1. The van der Waals surface area contributed by atoms with Crippen LogP contribution in [0.15, 0.2) is 122 Å². The van der Waals surface area contributed by atoms with Crippen molar-refractivity contribution in [1.82, 2.24) is 0 Å². The molecule has 0 aliphatic rings. The van der Waals surface area contributed by atoms with Crippen LogP contribution < -0.4 is 0 Å². The normalized spacial score (nSPS) is 13.1. The van der Waals surface area contributed by atoms with Crippen molar-refractivity contribution in [2.45, 2.75) is 232 Å². The Bertz CT molecular complexity index is 1440. The Kier molecular flexibility index (Phi) is 51.0. The summed E-state index contributed by atoms with van der Waals surface area (Å²) >= 11 is 0. The SMILES string of the molecule is CC/C=C\C/C=C\C/C=C\C/C=C\C/C=C\C/C=C\CCCCC(=O)OCC(COC(=O)CCCCCCCCCCCCC)OC(=O)CCCCCC/C=C\C/C=C\C/C=C\C/C=C\CC. The van der Waals surface area contributed by atoms with Crippen molar-refractivity contribution in [2.24, 2.45) is 0 Å². The zero-order valence-electron chi connectivity index (χ0n) is 43.1. The topological polar surface area (TPSA) is 78.9 Å². The van der Waals surface area contributed by atoms with Crippen molar-refractivity contribution in [3.63, 3.8) is 0 Å². The third-order valence-electron chi connectivity index (χ3n) is 11.0. The molecule has 1 unspecified atom stereocenters. The number of ether oxygens (including phenoxy) is 3. The molecule has 0 aliphatic heterocycles. The Morgan fingerprint density at radius 3 is 0.940 bits per heavy atom. The number of allylic oxidation sites excluding steroid dienone is 20. The number of rotatable bonds is 47. The van der Waals surface area contributed by atoms with E-state index >= 15 is 0 Å². The van der Waals surface area contributed by atoms with E-state index < -0.39 is 6.10 Å². The van der Waals surface area contributed by atoms with Crippen LogP contribution in [0.5, 0.6) is 0 Å². The van der Waals surface area contributed by atoms with Crippen molar-refractivity contribution in [1.29, 1.82) is 0 Å². The van der Waals surface area contributed by atoms with Crippen LogP contribution >= 0.6 is 0 Å². The minimum Gasteiger partial charge on any atom is -0.462 e. The molecule has 0 bridgehead atoms. The molecule has 0 spiro atoms. The molecule has 0 aromatic heterocycles. The number of carbonyl (C=O) groups excluding carboxylic acids is 3. The van der Waals surface area contributed by atoms with E-state index in [1.54, 1.807) is 0 Å². The van der Waals surface area contributed by atoms with E-state index in [0.717, 1.165) is 128 Å². The molecule has 0 saturated carbocycles. The van der Waals surface area contributed by atoms with E-state index in [2.05, 4.69) is 142 Å². The number of carbonyl (C=O) groups is 3. The summed E-state index contributed by atoms with van der Waals surface area (Å²) in [6.45, 7) is 6.33. The maximum atomic E-state index is 12.8. The van der Waals surface area contributed by atoms with Gasteiger partial charge >= 0.3 is 17.9 Å². The van der Waals surface area contributed by atoms with Gasteiger partial charge < -0.3 is 14.2 Å². The van der Waals surface area contributed by atoms with Crippen LogP contribution in [0.1, 0.15) is 226 Å². The predicted molar refractivity (Wildman–Crippen MR) is 288 cm³/mol. The summed E-state index contributed by atoms with van der Waals surface area (Å²) in [4.78, 5) is 38.0. The molecule has 0 aliphatic carbocycles. The van der Waals surface area contributed by atoms with Gasteiger partial charge in [-0.3, -0.25) is 14.4 Å². The minimum atomic E-state index is -0.810. The summed E-state index contributed by atoms with van der Waals surface area (Å²) < 4.78 is 16.8. The molecule has 0 saturated heterocycles. The fourth-order valence-electron chi connectivity index (χ4n) is 6.96. The average Bonchev–Trinajstić information content (AvgIpc) is 3.33. The second kappa shape index (κ2) is 54.4. The number of hydrogen-bond donors (Lipinski definition) is 0. The van der Waals surface area contributed by atoms with Crippen LogP contribution in [0.2, 0.25) is 0 Å². The van der Waals surface area contributed by atoms with Gasteiger partial charge in [0.15, 0.2) is 6.10 Å². The third kappa shape index (κ3) is 52.6. The van der Waals surface area contributed by atoms with E-state index in [1.165, 1.54) is 51.4 Å². The Morgan fingerprint density at radius 1 is 0.313 bits per heavy atom. The monoisotopic (exact) mass is 927 g/mol. The highest BCUT2D eigenvalue weighted by Crippen LogP contribution is 2.14. The lowest BCUT2D eigenvalue weighted by molar-refractivity contribution is -0.167. The van der Waals surface area contributed by atoms with Gasteiger partial charge in [-0.05, 0) is 109 Å². The molecule has 0 aromatic rings. The molecular formula is C61H98O6. The van der Waals surface area contributed by atoms with E-state index in [4.69, 9.17) is 14.2 Å². The quantitative estimate of drug-likeness (QED) is 0.0262. The molecule has 0 aromatic carbocycles. The van der Waals surface area contributed by atoms with E-state index in [-0.39, 0.29) is 37.5 Å². The standard InChI is InChI=1S/C61H98O6/c1-4-7-10-13-16-19-22-24-26-28-29-30-31-33-34-36-39-42-45-48-51-54-60(63)66-57-58(56-65-59(62)53-50-47-44-41-38-21-18-15-12-9-6-3)67-61(64)55-52-49-46-43-40-37-35-32-27-25-23-20-17-14-11-8-5-2/h7-8,10-11,16-17,19-20,24-27,29-30,33-35,37,39,42,58H,4-6,9,12-15,18,21-23,28,31-32,36,38,40-41,43-57H2,1-3H3/b10-7-,11-8-,19-16-,20-17-,26-24-,27-25-,30-29-,34-33-,37-35-,42-39-. The molecule has 1 atom stereocenters. The van der Waals surface area contributed by atoms with Gasteiger partial charge in [0.05, 0.1) is 0 Å². The van der Waals surface area contributed by atoms with Crippen molar-refractivity contribution in [3.8, 4) is 0 Å². The first-order chi connectivity index (χ1) is 33.0. The largest absolute Gasteiger partial charge is 0.462 e. The number of esters is 3. The van der Waals surface area contributed by atoms with Gasteiger partial charge in [0.25, 0.3) is 0 Å². The number of hydrogen-bond acceptors (Lipinski definition) is 6. The lowest BCUT2D eigenvalue weighted by atomic mass is 10.1. The fraction of sp³-hybridized carbons (Fsp3) is 0.623. The molecule has 0 fully saturated rings. The Labute approximate surface area is 412 Å². The van der Waals surface area contributed by atoms with E-state index in [9.17, 15) is 14.4 Å². The van der Waals surface area contributed by atoms with Crippen LogP contribution in [0.25, 0.3) is 0 Å². The summed E-state index contributed by atoms with van der Waals surface area (Å²) in [5.41, 5.74) is 0. The van der Waals surface area contributed by atoms with Gasteiger partial charge in [0.1, 0.15) is 13.2 Å². The summed E-state index contributed by atoms with van der Waals surface area (Å²) in [5, 5.41) is 0. The van der Waals surface area contributed by atoms with Crippen LogP contribution in [0, 0.1) is 0 Å². The molecule has 0 N–H and O–H groups in total. The summed E-state index contributed by atoms with van der Waals surface area (Å²) in [6, 6.07) is 0. The maximum Gasteiger partial charge on any atom is 0.306 e. The van der Waals surface area contributed by atoms with Crippen molar-refractivity contribution < 1.29 is 28.6 Å². The molecule has 67 heavy (non-hydrogen) atoms. The molecule has 0 rings (SSSR count). The zero-order chi connectivity index (χ0) is 48.6.